The molecule has 4 nitrogen and oxygen atoms in total. The van der Waals surface area contributed by atoms with Gasteiger partial charge in [-0.2, -0.15) is 0 Å². The molecule has 2 atom stereocenters. The van der Waals surface area contributed by atoms with E-state index in [1.54, 1.807) is 6.08 Å². The first kappa shape index (κ1) is 80.0. The Morgan fingerprint density at radius 3 is 0.786 bits per heavy atom. The van der Waals surface area contributed by atoms with Crippen molar-refractivity contribution >= 4 is 5.91 Å². The van der Waals surface area contributed by atoms with Crippen molar-refractivity contribution in [1.82, 2.24) is 5.32 Å². The summed E-state index contributed by atoms with van der Waals surface area (Å²) in [4.78, 5) is 12.5. The van der Waals surface area contributed by atoms with E-state index < -0.39 is 12.1 Å². The van der Waals surface area contributed by atoms with Crippen LogP contribution in [0.2, 0.25) is 0 Å². The Labute approximate surface area is 522 Å². The molecule has 0 spiro atoms. The molecule has 0 rings (SSSR count). The minimum Gasteiger partial charge on any atom is -0.394 e. The summed E-state index contributed by atoms with van der Waals surface area (Å²) in [5, 5.41) is 23.3. The third-order valence-corrected chi connectivity index (χ3v) is 15.5. The molecule has 0 fully saturated rings. The maximum absolute atomic E-state index is 12.5. The van der Waals surface area contributed by atoms with E-state index in [2.05, 4.69) is 165 Å². The van der Waals surface area contributed by atoms with Crippen molar-refractivity contribution in [3.8, 4) is 0 Å². The van der Waals surface area contributed by atoms with E-state index in [0.29, 0.717) is 6.42 Å². The lowest BCUT2D eigenvalue weighted by atomic mass is 10.0. The maximum Gasteiger partial charge on any atom is 0.220 e. The largest absolute Gasteiger partial charge is 0.394 e. The topological polar surface area (TPSA) is 69.6 Å². The van der Waals surface area contributed by atoms with Crippen molar-refractivity contribution < 1.29 is 15.0 Å². The second-order valence-corrected chi connectivity index (χ2v) is 23.6. The number of amides is 1. The number of carbonyl (C=O) groups is 1. The highest BCUT2D eigenvalue weighted by atomic mass is 16.3. The minimum absolute atomic E-state index is 0.109. The van der Waals surface area contributed by atoms with Crippen LogP contribution < -0.4 is 5.32 Å². The molecule has 0 saturated heterocycles. The van der Waals surface area contributed by atoms with Crippen LogP contribution in [0.25, 0.3) is 0 Å². The second kappa shape index (κ2) is 73.3. The molecule has 0 aromatic heterocycles. The summed E-state index contributed by atoms with van der Waals surface area (Å²) in [7, 11) is 0. The molecule has 4 heteroatoms. The molecule has 0 bridgehead atoms. The third-order valence-electron chi connectivity index (χ3n) is 15.5. The molecule has 0 aliphatic heterocycles. The molecule has 478 valence electrons. The van der Waals surface area contributed by atoms with Gasteiger partial charge >= 0.3 is 0 Å². The van der Waals surface area contributed by atoms with Gasteiger partial charge < -0.3 is 15.5 Å². The van der Waals surface area contributed by atoms with Gasteiger partial charge in [-0.1, -0.05) is 364 Å². The standard InChI is InChI=1S/C80H135NO3/c1-3-5-7-9-11-13-15-17-19-21-23-25-27-29-31-33-35-37-38-39-40-41-42-44-46-48-50-52-54-56-58-60-62-64-66-68-70-72-74-76-80(84)81-78(77-82)79(83)75-73-71-69-67-65-63-61-59-57-55-53-51-49-47-45-43-36-34-32-30-28-26-24-22-20-18-16-14-12-10-8-6-4-2/h5,7,11,13,17,19,23,25,29,31,35,37,39-40,42,44,48,50,54,56,60,62,66,68,73,75,78-79,82-83H,3-4,6,8-10,12,14-16,18,20-22,24,26-28,30,32-34,36,38,41,43,45-47,49,51-53,55,57-59,61,63-65,67,69-72,74,76-77H2,1-2H3,(H,81,84)/b7-5-,13-11-,19-17-,25-23-,31-29-,37-35-,40-39-,44-42-,50-48-,56-54-,62-60-,68-66-,75-73+. The van der Waals surface area contributed by atoms with E-state index in [0.717, 1.165) is 109 Å². The molecule has 84 heavy (non-hydrogen) atoms. The first-order chi connectivity index (χ1) is 41.7. The zero-order valence-electron chi connectivity index (χ0n) is 55.1. The Bertz CT molecular complexity index is 1750. The summed E-state index contributed by atoms with van der Waals surface area (Å²) in [6, 6.07) is -0.660. The average molecular weight is 1160 g/mol. The molecule has 0 saturated carbocycles. The van der Waals surface area contributed by atoms with Gasteiger partial charge in [0.25, 0.3) is 0 Å². The van der Waals surface area contributed by atoms with Crippen LogP contribution in [-0.2, 0) is 4.79 Å². The molecule has 0 aromatic carbocycles. The van der Waals surface area contributed by atoms with E-state index in [-0.39, 0.29) is 12.5 Å². The number of carbonyl (C=O) groups excluding carboxylic acids is 1. The van der Waals surface area contributed by atoms with Gasteiger partial charge in [-0.25, -0.2) is 0 Å². The Kier molecular flexibility index (Phi) is 69.8. The van der Waals surface area contributed by atoms with Gasteiger partial charge in [-0.05, 0) is 109 Å². The van der Waals surface area contributed by atoms with Crippen LogP contribution in [0, 0.1) is 0 Å². The molecule has 0 aliphatic carbocycles. The molecule has 2 unspecified atom stereocenters. The fourth-order valence-electron chi connectivity index (χ4n) is 10.2. The quantitative estimate of drug-likeness (QED) is 0.0420. The Morgan fingerprint density at radius 1 is 0.298 bits per heavy atom. The van der Waals surface area contributed by atoms with Gasteiger partial charge in [-0.3, -0.25) is 4.79 Å². The van der Waals surface area contributed by atoms with Crippen molar-refractivity contribution in [3.63, 3.8) is 0 Å². The number of allylic oxidation sites excluding steroid dienone is 25. The Morgan fingerprint density at radius 2 is 0.524 bits per heavy atom. The van der Waals surface area contributed by atoms with Crippen LogP contribution in [0.3, 0.4) is 0 Å². The highest BCUT2D eigenvalue weighted by molar-refractivity contribution is 5.76. The van der Waals surface area contributed by atoms with Crippen molar-refractivity contribution in [2.24, 2.45) is 0 Å². The average Bonchev–Trinajstić information content (AvgIpc) is 3.51. The van der Waals surface area contributed by atoms with Crippen LogP contribution in [0.5, 0.6) is 0 Å². The fourth-order valence-corrected chi connectivity index (χ4v) is 10.2. The van der Waals surface area contributed by atoms with Gasteiger partial charge in [0.2, 0.25) is 5.91 Å². The van der Waals surface area contributed by atoms with Crippen LogP contribution in [0.4, 0.5) is 0 Å². The van der Waals surface area contributed by atoms with Crippen LogP contribution in [0.1, 0.15) is 322 Å². The molecular formula is C80H135NO3. The number of rotatable bonds is 64. The van der Waals surface area contributed by atoms with E-state index in [4.69, 9.17) is 0 Å². The summed E-state index contributed by atoms with van der Waals surface area (Å²) in [5.74, 6) is -0.109. The van der Waals surface area contributed by atoms with Gasteiger partial charge in [0.15, 0.2) is 0 Å². The highest BCUT2D eigenvalue weighted by Crippen LogP contribution is 2.18. The second-order valence-electron chi connectivity index (χ2n) is 23.6. The zero-order chi connectivity index (χ0) is 60.5. The van der Waals surface area contributed by atoms with Crippen molar-refractivity contribution in [1.29, 1.82) is 0 Å². The lowest BCUT2D eigenvalue weighted by Crippen LogP contribution is -2.45. The monoisotopic (exact) mass is 1160 g/mol. The minimum atomic E-state index is -0.872. The van der Waals surface area contributed by atoms with E-state index in [1.807, 2.05) is 6.08 Å². The van der Waals surface area contributed by atoms with Gasteiger partial charge in [0.1, 0.15) is 0 Å². The Hall–Kier alpha value is -3.99. The van der Waals surface area contributed by atoms with Crippen molar-refractivity contribution in [3.05, 3.63) is 158 Å². The number of aliphatic hydroxyl groups excluding tert-OH is 2. The van der Waals surface area contributed by atoms with Crippen LogP contribution in [0.15, 0.2) is 158 Å². The summed E-state index contributed by atoms with van der Waals surface area (Å²) in [6.07, 6.45) is 116. The molecule has 1 amide bonds. The number of unbranched alkanes of at least 4 members (excludes halogenated alkanes) is 33. The number of nitrogens with one attached hydrogen (secondary N) is 1. The Balaban J connectivity index is 3.63. The van der Waals surface area contributed by atoms with Crippen LogP contribution in [-0.4, -0.2) is 34.9 Å². The SMILES string of the molecule is CC/C=C\C/C=C\C/C=C\C/C=C\C/C=C\C/C=C\C/C=C\C/C=C\C/C=C\C/C=C\C/C=C\C/C=C\CCCCC(=O)NC(CO)C(O)/C=C/CCCCCCCCCCCCCCCCCCCCCCCCCCCCCCCCC. The number of aliphatic hydroxyl groups is 2. The summed E-state index contributed by atoms with van der Waals surface area (Å²) >= 11 is 0. The van der Waals surface area contributed by atoms with Crippen LogP contribution >= 0.6 is 0 Å². The smallest absolute Gasteiger partial charge is 0.220 e. The van der Waals surface area contributed by atoms with Gasteiger partial charge in [0, 0.05) is 6.42 Å². The lowest BCUT2D eigenvalue weighted by molar-refractivity contribution is -0.123. The third kappa shape index (κ3) is 68.8. The molecule has 0 radical (unpaired) electrons. The van der Waals surface area contributed by atoms with Crippen molar-refractivity contribution in [2.75, 3.05) is 6.61 Å². The number of hydrogen-bond acceptors (Lipinski definition) is 3. The summed E-state index contributed by atoms with van der Waals surface area (Å²) < 4.78 is 0. The van der Waals surface area contributed by atoms with Gasteiger partial charge in [0.05, 0.1) is 18.8 Å². The summed E-state index contributed by atoms with van der Waals surface area (Å²) in [6.45, 7) is 4.20. The van der Waals surface area contributed by atoms with E-state index in [1.165, 1.54) is 193 Å². The summed E-state index contributed by atoms with van der Waals surface area (Å²) in [5.41, 5.74) is 0. The van der Waals surface area contributed by atoms with E-state index in [9.17, 15) is 15.0 Å². The zero-order valence-corrected chi connectivity index (χ0v) is 55.1. The fraction of sp³-hybridized carbons (Fsp3) is 0.662. The van der Waals surface area contributed by atoms with E-state index >= 15 is 0 Å². The first-order valence-electron chi connectivity index (χ1n) is 35.7. The van der Waals surface area contributed by atoms with Crippen molar-refractivity contribution in [2.45, 2.75) is 334 Å². The van der Waals surface area contributed by atoms with Gasteiger partial charge in [-0.15, -0.1) is 0 Å². The maximum atomic E-state index is 12.5. The molecule has 0 aromatic rings. The lowest BCUT2D eigenvalue weighted by Gasteiger charge is -2.19. The molecular weight excluding hydrogens is 1020 g/mol. The predicted octanol–water partition coefficient (Wildman–Crippen LogP) is 24.8. The predicted molar refractivity (Wildman–Crippen MR) is 377 cm³/mol. The number of hydrogen-bond donors (Lipinski definition) is 3. The molecule has 0 heterocycles. The highest BCUT2D eigenvalue weighted by Gasteiger charge is 2.18. The first-order valence-corrected chi connectivity index (χ1v) is 35.7. The molecule has 3 N–H and O–H groups in total. The normalized spacial score (nSPS) is 13.7. The molecule has 0 aliphatic rings.